The third-order valence-corrected chi connectivity index (χ3v) is 6.47. The van der Waals surface area contributed by atoms with Crippen molar-refractivity contribution in [3.05, 3.63) is 77.4 Å². The van der Waals surface area contributed by atoms with Gasteiger partial charge in [-0.05, 0) is 42.2 Å². The van der Waals surface area contributed by atoms with Crippen LogP contribution >= 0.6 is 12.4 Å². The number of hydrogen-bond acceptors (Lipinski definition) is 5. The lowest BCUT2D eigenvalue weighted by atomic mass is 10.0. The number of aromatic nitrogens is 2. The minimum absolute atomic E-state index is 0. The van der Waals surface area contributed by atoms with Gasteiger partial charge in [-0.1, -0.05) is 55.7 Å². The molecule has 1 fully saturated rings. The van der Waals surface area contributed by atoms with Gasteiger partial charge < -0.3 is 10.0 Å². The molecule has 192 valence electrons. The Labute approximate surface area is 218 Å². The SMILES string of the molecule is CCCC[C@H]1CN(Cc2cc(C)cc(CC(=O)O)c2)CCN1c1ncc(-c2cccc(F)c2)cn1.Cl. The molecule has 1 aromatic heterocycles. The highest BCUT2D eigenvalue weighted by atomic mass is 35.5. The number of piperazine rings is 1. The minimum Gasteiger partial charge on any atom is -0.481 e. The standard InChI is InChI=1S/C28H33FN4O2.ClH/c1-3-4-8-26-19-32(18-22-12-20(2)11-21(13-22)14-27(34)35)9-10-33(26)28-30-16-24(17-31-28)23-6-5-7-25(29)15-23;/h5-7,11-13,15-17,26H,3-4,8-10,14,18-19H2,1-2H3,(H,34,35);1H/t26-;/m0./s1. The lowest BCUT2D eigenvalue weighted by Gasteiger charge is -2.41. The molecule has 1 N–H and O–H groups in total. The Kier molecular flexibility index (Phi) is 9.79. The molecule has 0 radical (unpaired) electrons. The van der Waals surface area contributed by atoms with Gasteiger partial charge in [-0.2, -0.15) is 0 Å². The zero-order chi connectivity index (χ0) is 24.8. The Bertz CT molecular complexity index is 1160. The van der Waals surface area contributed by atoms with Gasteiger partial charge in [-0.25, -0.2) is 14.4 Å². The normalized spacial score (nSPS) is 16.0. The smallest absolute Gasteiger partial charge is 0.307 e. The molecule has 6 nitrogen and oxygen atoms in total. The summed E-state index contributed by atoms with van der Waals surface area (Å²) in [5.41, 5.74) is 4.66. The first-order chi connectivity index (χ1) is 16.9. The van der Waals surface area contributed by atoms with Crippen LogP contribution in [0.5, 0.6) is 0 Å². The number of benzene rings is 2. The molecule has 1 atom stereocenters. The average molecular weight is 513 g/mol. The molecule has 1 saturated heterocycles. The van der Waals surface area contributed by atoms with Gasteiger partial charge in [0.15, 0.2) is 0 Å². The predicted octanol–water partition coefficient (Wildman–Crippen LogP) is 5.52. The molecule has 1 aliphatic heterocycles. The molecule has 0 saturated carbocycles. The molecule has 1 aliphatic rings. The summed E-state index contributed by atoms with van der Waals surface area (Å²) in [6, 6.07) is 12.9. The largest absolute Gasteiger partial charge is 0.481 e. The fourth-order valence-electron chi connectivity index (χ4n) is 4.87. The van der Waals surface area contributed by atoms with Gasteiger partial charge in [0.25, 0.3) is 0 Å². The van der Waals surface area contributed by atoms with E-state index in [0.29, 0.717) is 12.0 Å². The highest BCUT2D eigenvalue weighted by Gasteiger charge is 2.28. The van der Waals surface area contributed by atoms with Crippen molar-refractivity contribution in [1.82, 2.24) is 14.9 Å². The van der Waals surface area contributed by atoms with E-state index in [-0.39, 0.29) is 24.6 Å². The Morgan fingerprint density at radius 2 is 1.83 bits per heavy atom. The van der Waals surface area contributed by atoms with E-state index in [4.69, 9.17) is 0 Å². The molecule has 0 bridgehead atoms. The van der Waals surface area contributed by atoms with Gasteiger partial charge in [-0.15, -0.1) is 12.4 Å². The topological polar surface area (TPSA) is 69.6 Å². The van der Waals surface area contributed by atoms with Crippen molar-refractivity contribution in [3.63, 3.8) is 0 Å². The molecule has 2 aromatic carbocycles. The van der Waals surface area contributed by atoms with Gasteiger partial charge in [0, 0.05) is 50.2 Å². The second-order valence-electron chi connectivity index (χ2n) is 9.40. The third kappa shape index (κ3) is 7.24. The highest BCUT2D eigenvalue weighted by Crippen LogP contribution is 2.25. The Morgan fingerprint density at radius 1 is 1.08 bits per heavy atom. The maximum absolute atomic E-state index is 13.6. The molecule has 0 unspecified atom stereocenters. The van der Waals surface area contributed by atoms with Gasteiger partial charge in [0.1, 0.15) is 5.82 Å². The number of rotatable bonds is 9. The van der Waals surface area contributed by atoms with Crippen molar-refractivity contribution in [2.75, 3.05) is 24.5 Å². The summed E-state index contributed by atoms with van der Waals surface area (Å²) in [5, 5.41) is 9.17. The van der Waals surface area contributed by atoms with E-state index in [0.717, 1.165) is 73.3 Å². The number of aryl methyl sites for hydroxylation is 1. The van der Waals surface area contributed by atoms with Crippen molar-refractivity contribution in [1.29, 1.82) is 0 Å². The second kappa shape index (κ2) is 12.8. The number of aliphatic carboxylic acids is 1. The van der Waals surface area contributed by atoms with Crippen LogP contribution in [0, 0.1) is 12.7 Å². The zero-order valence-electron chi connectivity index (χ0n) is 20.9. The molecule has 4 rings (SSSR count). The van der Waals surface area contributed by atoms with E-state index in [1.165, 1.54) is 12.1 Å². The number of carbonyl (C=O) groups is 1. The van der Waals surface area contributed by atoms with Crippen LogP contribution in [-0.2, 0) is 17.8 Å². The van der Waals surface area contributed by atoms with E-state index in [1.54, 1.807) is 18.5 Å². The monoisotopic (exact) mass is 512 g/mol. The van der Waals surface area contributed by atoms with Crippen LogP contribution in [0.4, 0.5) is 10.3 Å². The summed E-state index contributed by atoms with van der Waals surface area (Å²) >= 11 is 0. The van der Waals surface area contributed by atoms with Crippen molar-refractivity contribution >= 4 is 24.3 Å². The molecule has 3 aromatic rings. The van der Waals surface area contributed by atoms with Gasteiger partial charge >= 0.3 is 5.97 Å². The van der Waals surface area contributed by atoms with Gasteiger partial charge in [0.05, 0.1) is 6.42 Å². The van der Waals surface area contributed by atoms with E-state index in [1.807, 2.05) is 25.1 Å². The van der Waals surface area contributed by atoms with Crippen molar-refractivity contribution in [2.45, 2.75) is 52.1 Å². The lowest BCUT2D eigenvalue weighted by Crippen LogP contribution is -2.53. The van der Waals surface area contributed by atoms with Crippen molar-refractivity contribution in [2.24, 2.45) is 0 Å². The number of nitrogens with zero attached hydrogens (tertiary/aromatic N) is 4. The van der Waals surface area contributed by atoms with E-state index < -0.39 is 5.97 Å². The maximum Gasteiger partial charge on any atom is 0.307 e. The van der Waals surface area contributed by atoms with Crippen LogP contribution < -0.4 is 4.90 Å². The third-order valence-electron chi connectivity index (χ3n) is 6.47. The minimum atomic E-state index is -0.807. The number of hydrogen-bond donors (Lipinski definition) is 1. The number of halogens is 2. The fraction of sp³-hybridized carbons (Fsp3) is 0.393. The summed E-state index contributed by atoms with van der Waals surface area (Å²) in [7, 11) is 0. The Hall–Kier alpha value is -3.03. The highest BCUT2D eigenvalue weighted by molar-refractivity contribution is 5.85. The van der Waals surface area contributed by atoms with E-state index in [2.05, 4.69) is 32.8 Å². The molecular weight excluding hydrogens is 479 g/mol. The number of carboxylic acid groups (broad SMARTS) is 1. The molecule has 0 spiro atoms. The van der Waals surface area contributed by atoms with Crippen LogP contribution in [0.25, 0.3) is 11.1 Å². The molecular formula is C28H34ClFN4O2. The maximum atomic E-state index is 13.6. The zero-order valence-corrected chi connectivity index (χ0v) is 21.7. The second-order valence-corrected chi connectivity index (χ2v) is 9.40. The van der Waals surface area contributed by atoms with E-state index >= 15 is 0 Å². The van der Waals surface area contributed by atoms with Crippen LogP contribution in [-0.4, -0.2) is 51.6 Å². The summed E-state index contributed by atoms with van der Waals surface area (Å²) in [6.07, 6.45) is 6.91. The molecule has 0 amide bonds. The molecule has 8 heteroatoms. The molecule has 36 heavy (non-hydrogen) atoms. The van der Waals surface area contributed by atoms with Crippen LogP contribution in [0.2, 0.25) is 0 Å². The number of unbranched alkanes of at least 4 members (excludes halogenated alkanes) is 1. The van der Waals surface area contributed by atoms with Crippen LogP contribution in [0.1, 0.15) is 42.9 Å². The van der Waals surface area contributed by atoms with Crippen LogP contribution in [0.3, 0.4) is 0 Å². The summed E-state index contributed by atoms with van der Waals surface area (Å²) in [4.78, 5) is 25.2. The van der Waals surface area contributed by atoms with Gasteiger partial charge in [-0.3, -0.25) is 9.69 Å². The van der Waals surface area contributed by atoms with Crippen LogP contribution in [0.15, 0.2) is 54.9 Å². The van der Waals surface area contributed by atoms with Crippen molar-refractivity contribution < 1.29 is 14.3 Å². The Morgan fingerprint density at radius 3 is 2.53 bits per heavy atom. The number of carboxylic acids is 1. The summed E-state index contributed by atoms with van der Waals surface area (Å²) in [5.74, 6) is -0.366. The first-order valence-electron chi connectivity index (χ1n) is 12.3. The molecule has 0 aliphatic carbocycles. The summed E-state index contributed by atoms with van der Waals surface area (Å²) in [6.45, 7) is 7.61. The van der Waals surface area contributed by atoms with Crippen molar-refractivity contribution in [3.8, 4) is 11.1 Å². The van der Waals surface area contributed by atoms with E-state index in [9.17, 15) is 14.3 Å². The average Bonchev–Trinajstić information content (AvgIpc) is 2.82. The Balaban J connectivity index is 0.00000361. The summed E-state index contributed by atoms with van der Waals surface area (Å²) < 4.78 is 13.6. The first kappa shape index (κ1) is 27.6. The first-order valence-corrected chi connectivity index (χ1v) is 12.3. The predicted molar refractivity (Wildman–Crippen MR) is 143 cm³/mol. The molecule has 2 heterocycles. The fourth-order valence-corrected chi connectivity index (χ4v) is 4.87. The number of anilines is 1. The lowest BCUT2D eigenvalue weighted by molar-refractivity contribution is -0.136. The van der Waals surface area contributed by atoms with Gasteiger partial charge in [0.2, 0.25) is 5.95 Å². The quantitative estimate of drug-likeness (QED) is 0.407.